The Morgan fingerprint density at radius 2 is 2.11 bits per heavy atom. The van der Waals surface area contributed by atoms with E-state index in [0.29, 0.717) is 43.2 Å². The van der Waals surface area contributed by atoms with Crippen molar-refractivity contribution >= 4 is 17.6 Å². The molecule has 1 spiro atoms. The number of piperidine rings is 1. The Morgan fingerprint density at radius 1 is 1.32 bits per heavy atom. The molecular weight excluding hydrogens is 365 g/mol. The predicted molar refractivity (Wildman–Crippen MR) is 98.5 cm³/mol. The van der Waals surface area contributed by atoms with Crippen LogP contribution in [0, 0.1) is 5.82 Å². The van der Waals surface area contributed by atoms with Crippen molar-refractivity contribution in [3.8, 4) is 5.75 Å². The molecule has 3 heterocycles. The lowest BCUT2D eigenvalue weighted by Crippen LogP contribution is -2.50. The van der Waals surface area contributed by atoms with Gasteiger partial charge in [-0.1, -0.05) is 6.07 Å². The van der Waals surface area contributed by atoms with Crippen LogP contribution in [-0.2, 0) is 11.8 Å². The SMILES string of the molecule is Cn1nccc1C(=O)N1CCC2(CC1)N=C(COc1cccc(F)c1)NC2=O. The molecule has 0 bridgehead atoms. The van der Waals surface area contributed by atoms with E-state index >= 15 is 0 Å². The second kappa shape index (κ2) is 7.06. The first-order chi connectivity index (χ1) is 13.5. The summed E-state index contributed by atoms with van der Waals surface area (Å²) in [4.78, 5) is 31.4. The summed E-state index contributed by atoms with van der Waals surface area (Å²) in [6, 6.07) is 7.47. The van der Waals surface area contributed by atoms with Gasteiger partial charge in [-0.25, -0.2) is 4.39 Å². The number of halogens is 1. The van der Waals surface area contributed by atoms with Crippen LogP contribution in [0.2, 0.25) is 0 Å². The molecule has 28 heavy (non-hydrogen) atoms. The van der Waals surface area contributed by atoms with Crippen LogP contribution < -0.4 is 10.1 Å². The van der Waals surface area contributed by atoms with Gasteiger partial charge in [0, 0.05) is 32.4 Å². The molecule has 1 aromatic carbocycles. The second-order valence-corrected chi connectivity index (χ2v) is 6.92. The van der Waals surface area contributed by atoms with Crippen molar-refractivity contribution in [1.29, 1.82) is 0 Å². The Bertz CT molecular complexity index is 947. The first-order valence-electron chi connectivity index (χ1n) is 9.03. The number of amidine groups is 1. The molecule has 2 aromatic rings. The van der Waals surface area contributed by atoms with Crippen LogP contribution in [0.1, 0.15) is 23.3 Å². The maximum Gasteiger partial charge on any atom is 0.272 e. The molecule has 1 aromatic heterocycles. The molecule has 0 aliphatic carbocycles. The van der Waals surface area contributed by atoms with Crippen LogP contribution in [0.5, 0.6) is 5.75 Å². The molecule has 4 rings (SSSR count). The van der Waals surface area contributed by atoms with Crippen LogP contribution in [-0.4, -0.2) is 57.6 Å². The molecule has 0 saturated carbocycles. The minimum atomic E-state index is -0.871. The molecule has 1 N–H and O–H groups in total. The van der Waals surface area contributed by atoms with Gasteiger partial charge in [0.25, 0.3) is 11.8 Å². The number of benzene rings is 1. The van der Waals surface area contributed by atoms with Crippen molar-refractivity contribution in [2.45, 2.75) is 18.4 Å². The van der Waals surface area contributed by atoms with Crippen molar-refractivity contribution in [3.63, 3.8) is 0 Å². The van der Waals surface area contributed by atoms with Gasteiger partial charge < -0.3 is 15.0 Å². The third kappa shape index (κ3) is 3.35. The van der Waals surface area contributed by atoms with E-state index in [1.54, 1.807) is 36.3 Å². The average Bonchev–Trinajstić information content (AvgIpc) is 3.24. The van der Waals surface area contributed by atoms with E-state index < -0.39 is 11.4 Å². The van der Waals surface area contributed by atoms with Gasteiger partial charge in [0.2, 0.25) is 0 Å². The number of aryl methyl sites for hydroxylation is 1. The molecule has 2 amide bonds. The van der Waals surface area contributed by atoms with Gasteiger partial charge >= 0.3 is 0 Å². The molecule has 1 fully saturated rings. The van der Waals surface area contributed by atoms with Crippen LogP contribution in [0.15, 0.2) is 41.5 Å². The maximum absolute atomic E-state index is 13.2. The molecule has 2 aliphatic heterocycles. The molecule has 0 radical (unpaired) electrons. The van der Waals surface area contributed by atoms with E-state index in [1.165, 1.54) is 16.8 Å². The fourth-order valence-corrected chi connectivity index (χ4v) is 3.53. The van der Waals surface area contributed by atoms with Gasteiger partial charge in [0.15, 0.2) is 0 Å². The second-order valence-electron chi connectivity index (χ2n) is 6.92. The standard InChI is InChI=1S/C19H20FN5O3/c1-24-15(5-8-21-24)17(26)25-9-6-19(7-10-25)18(27)22-16(23-19)12-28-14-4-2-3-13(20)11-14/h2-5,8,11H,6-7,9-10,12H2,1H3,(H,22,23,27). The van der Waals surface area contributed by atoms with E-state index in [2.05, 4.69) is 15.4 Å². The highest BCUT2D eigenvalue weighted by Crippen LogP contribution is 2.30. The fourth-order valence-electron chi connectivity index (χ4n) is 3.53. The van der Waals surface area contributed by atoms with Crippen LogP contribution in [0.4, 0.5) is 4.39 Å². The van der Waals surface area contributed by atoms with Crippen LogP contribution in [0.3, 0.4) is 0 Å². The monoisotopic (exact) mass is 385 g/mol. The topological polar surface area (TPSA) is 88.8 Å². The lowest BCUT2D eigenvalue weighted by Gasteiger charge is -2.35. The number of hydrogen-bond acceptors (Lipinski definition) is 5. The number of aliphatic imine (C=N–C) groups is 1. The number of amides is 2. The zero-order chi connectivity index (χ0) is 19.7. The Labute approximate surface area is 161 Å². The lowest BCUT2D eigenvalue weighted by molar-refractivity contribution is -0.125. The number of aromatic nitrogens is 2. The highest BCUT2D eigenvalue weighted by Gasteiger charge is 2.46. The van der Waals surface area contributed by atoms with Gasteiger partial charge in [-0.15, -0.1) is 0 Å². The smallest absolute Gasteiger partial charge is 0.272 e. The van der Waals surface area contributed by atoms with Crippen molar-refractivity contribution in [1.82, 2.24) is 20.0 Å². The van der Waals surface area contributed by atoms with E-state index in [0.717, 1.165) is 0 Å². The summed E-state index contributed by atoms with van der Waals surface area (Å²) in [7, 11) is 1.72. The summed E-state index contributed by atoms with van der Waals surface area (Å²) in [5, 5.41) is 6.78. The molecular formula is C19H20FN5O3. The summed E-state index contributed by atoms with van der Waals surface area (Å²) in [5.74, 6) is 0.108. The number of rotatable bonds is 4. The molecule has 1 saturated heterocycles. The van der Waals surface area contributed by atoms with E-state index in [4.69, 9.17) is 4.74 Å². The van der Waals surface area contributed by atoms with Gasteiger partial charge in [0.05, 0.1) is 0 Å². The molecule has 0 atom stereocenters. The molecule has 0 unspecified atom stereocenters. The predicted octanol–water partition coefficient (Wildman–Crippen LogP) is 1.14. The number of nitrogens with zero attached hydrogens (tertiary/aromatic N) is 4. The Balaban J connectivity index is 1.39. The molecule has 9 heteroatoms. The quantitative estimate of drug-likeness (QED) is 0.855. The summed E-state index contributed by atoms with van der Waals surface area (Å²) >= 11 is 0. The lowest BCUT2D eigenvalue weighted by atomic mass is 9.88. The summed E-state index contributed by atoms with van der Waals surface area (Å²) in [5.41, 5.74) is -0.358. The van der Waals surface area contributed by atoms with E-state index in [-0.39, 0.29) is 18.4 Å². The molecule has 146 valence electrons. The minimum absolute atomic E-state index is 0.0502. The fraction of sp³-hybridized carbons (Fsp3) is 0.368. The number of ether oxygens (including phenoxy) is 1. The highest BCUT2D eigenvalue weighted by molar-refractivity contribution is 6.09. The zero-order valence-electron chi connectivity index (χ0n) is 15.4. The third-order valence-electron chi connectivity index (χ3n) is 5.12. The van der Waals surface area contributed by atoms with Crippen LogP contribution in [0.25, 0.3) is 0 Å². The van der Waals surface area contributed by atoms with Crippen molar-refractivity contribution in [2.24, 2.45) is 12.0 Å². The summed E-state index contributed by atoms with van der Waals surface area (Å²) < 4.78 is 20.3. The largest absolute Gasteiger partial charge is 0.486 e. The Morgan fingerprint density at radius 3 is 2.79 bits per heavy atom. The summed E-state index contributed by atoms with van der Waals surface area (Å²) in [6.45, 7) is 0.909. The highest BCUT2D eigenvalue weighted by atomic mass is 19.1. The first kappa shape index (κ1) is 18.1. The molecule has 8 nitrogen and oxygen atoms in total. The number of likely N-dealkylation sites (tertiary alicyclic amines) is 1. The summed E-state index contributed by atoms with van der Waals surface area (Å²) in [6.07, 6.45) is 2.45. The zero-order valence-corrected chi connectivity index (χ0v) is 15.4. The van der Waals surface area contributed by atoms with Crippen LogP contribution >= 0.6 is 0 Å². The Kier molecular flexibility index (Phi) is 4.58. The number of nitrogens with one attached hydrogen (secondary N) is 1. The normalized spacial score (nSPS) is 18.1. The van der Waals surface area contributed by atoms with Gasteiger partial charge in [-0.05, 0) is 31.0 Å². The van der Waals surface area contributed by atoms with E-state index in [9.17, 15) is 14.0 Å². The molecule has 2 aliphatic rings. The van der Waals surface area contributed by atoms with Gasteiger partial charge in [0.1, 0.15) is 35.2 Å². The minimum Gasteiger partial charge on any atom is -0.486 e. The van der Waals surface area contributed by atoms with Crippen molar-refractivity contribution in [3.05, 3.63) is 48.0 Å². The number of carbonyl (C=O) groups is 2. The van der Waals surface area contributed by atoms with E-state index in [1.807, 2.05) is 0 Å². The number of hydrogen-bond donors (Lipinski definition) is 1. The first-order valence-corrected chi connectivity index (χ1v) is 9.03. The maximum atomic E-state index is 13.2. The van der Waals surface area contributed by atoms with Crippen molar-refractivity contribution < 1.29 is 18.7 Å². The average molecular weight is 385 g/mol. The van der Waals surface area contributed by atoms with Crippen molar-refractivity contribution in [2.75, 3.05) is 19.7 Å². The number of carbonyl (C=O) groups excluding carboxylic acids is 2. The van der Waals surface area contributed by atoms with Gasteiger partial charge in [-0.2, -0.15) is 5.10 Å². The van der Waals surface area contributed by atoms with Gasteiger partial charge in [-0.3, -0.25) is 19.3 Å². The Hall–Kier alpha value is -3.23. The third-order valence-corrected chi connectivity index (χ3v) is 5.12.